The Kier molecular flexibility index (Phi) is 4.52. The minimum atomic E-state index is -0.292. The number of pyridine rings is 1. The van der Waals surface area contributed by atoms with E-state index in [1.807, 2.05) is 12.1 Å². The van der Waals surface area contributed by atoms with Gasteiger partial charge in [-0.05, 0) is 54.2 Å². The smallest absolute Gasteiger partial charge is 0.191 e. The van der Waals surface area contributed by atoms with E-state index in [9.17, 15) is 4.39 Å². The maximum Gasteiger partial charge on any atom is 0.191 e. The second-order valence-corrected chi connectivity index (χ2v) is 4.02. The molecule has 0 aliphatic rings. The molecule has 0 spiro atoms. The molecule has 19 heavy (non-hydrogen) atoms. The van der Waals surface area contributed by atoms with Gasteiger partial charge >= 0.3 is 0 Å². The molecule has 0 amide bonds. The van der Waals surface area contributed by atoms with Crippen LogP contribution < -0.4 is 10.7 Å². The topological polar surface area (TPSA) is 49.3 Å². The highest BCUT2D eigenvalue weighted by Gasteiger charge is 1.96. The molecule has 96 valence electrons. The quantitative estimate of drug-likeness (QED) is 0.513. The normalized spacial score (nSPS) is 10.4. The van der Waals surface area contributed by atoms with E-state index in [2.05, 4.69) is 20.8 Å². The first-order valence-corrected chi connectivity index (χ1v) is 5.90. The maximum atomic E-state index is 12.7. The van der Waals surface area contributed by atoms with Gasteiger partial charge in [0.05, 0.1) is 6.21 Å². The monoisotopic (exact) mass is 274 g/mol. The van der Waals surface area contributed by atoms with Crippen LogP contribution in [0, 0.1) is 5.82 Å². The van der Waals surface area contributed by atoms with Gasteiger partial charge in [0, 0.05) is 18.1 Å². The molecule has 0 aliphatic carbocycles. The van der Waals surface area contributed by atoms with Crippen molar-refractivity contribution in [1.29, 1.82) is 0 Å². The Labute approximate surface area is 115 Å². The highest BCUT2D eigenvalue weighted by Crippen LogP contribution is 2.07. The zero-order chi connectivity index (χ0) is 13.5. The third-order valence-corrected chi connectivity index (χ3v) is 2.38. The molecule has 0 atom stereocenters. The highest BCUT2D eigenvalue weighted by atomic mass is 32.1. The first-order chi connectivity index (χ1) is 9.24. The number of halogens is 1. The second-order valence-electron chi connectivity index (χ2n) is 3.61. The Hall–Kier alpha value is -2.34. The predicted molar refractivity (Wildman–Crippen MR) is 77.6 cm³/mol. The molecule has 0 saturated heterocycles. The number of hydrogen-bond acceptors (Lipinski definition) is 3. The number of thiocarbonyl (C=S) groups is 1. The second kappa shape index (κ2) is 6.55. The number of hydrogen-bond donors (Lipinski definition) is 2. The molecule has 1 heterocycles. The lowest BCUT2D eigenvalue weighted by Gasteiger charge is -2.06. The lowest BCUT2D eigenvalue weighted by molar-refractivity contribution is 0.628. The molecule has 0 saturated carbocycles. The van der Waals surface area contributed by atoms with Crippen molar-refractivity contribution in [2.75, 3.05) is 5.32 Å². The maximum absolute atomic E-state index is 12.7. The molecule has 0 radical (unpaired) electrons. The van der Waals surface area contributed by atoms with Gasteiger partial charge in [-0.2, -0.15) is 5.10 Å². The number of hydrazone groups is 1. The molecule has 2 aromatic rings. The molecule has 0 unspecified atom stereocenters. The van der Waals surface area contributed by atoms with Crippen molar-refractivity contribution >= 4 is 29.2 Å². The summed E-state index contributed by atoms with van der Waals surface area (Å²) in [5, 5.41) is 7.19. The fraction of sp³-hybridized carbons (Fsp3) is 0. The van der Waals surface area contributed by atoms with Gasteiger partial charge < -0.3 is 5.32 Å². The van der Waals surface area contributed by atoms with Gasteiger partial charge in [-0.1, -0.05) is 0 Å². The Morgan fingerprint density at radius 3 is 2.53 bits per heavy atom. The predicted octanol–water partition coefficient (Wildman–Crippen LogP) is 2.54. The number of nitrogens with zero attached hydrogens (tertiary/aromatic N) is 2. The fourth-order valence-electron chi connectivity index (χ4n) is 1.31. The van der Waals surface area contributed by atoms with E-state index in [-0.39, 0.29) is 5.82 Å². The molecule has 2 N–H and O–H groups in total. The molecule has 0 aliphatic heterocycles. The summed E-state index contributed by atoms with van der Waals surface area (Å²) < 4.78 is 12.7. The zero-order valence-electron chi connectivity index (χ0n) is 9.88. The fourth-order valence-corrected chi connectivity index (χ4v) is 1.48. The minimum absolute atomic E-state index is 0.292. The number of nitrogens with one attached hydrogen (secondary N) is 2. The molecule has 0 bridgehead atoms. The highest BCUT2D eigenvalue weighted by molar-refractivity contribution is 7.80. The molecule has 0 fully saturated rings. The van der Waals surface area contributed by atoms with E-state index < -0.39 is 0 Å². The summed E-state index contributed by atoms with van der Waals surface area (Å²) in [6, 6.07) is 9.53. The first kappa shape index (κ1) is 13.1. The first-order valence-electron chi connectivity index (χ1n) is 5.50. The van der Waals surface area contributed by atoms with E-state index >= 15 is 0 Å². The van der Waals surface area contributed by atoms with Crippen LogP contribution in [0.4, 0.5) is 10.1 Å². The van der Waals surface area contributed by atoms with Crippen LogP contribution in [-0.2, 0) is 0 Å². The van der Waals surface area contributed by atoms with Crippen molar-refractivity contribution < 1.29 is 4.39 Å². The van der Waals surface area contributed by atoms with Crippen LogP contribution in [0.1, 0.15) is 5.56 Å². The standard InChI is InChI=1S/C13H11FN4S/c14-11-1-3-12(4-2-11)17-13(19)18-16-9-10-5-7-15-8-6-10/h1-9H,(H2,17,18,19). The van der Waals surface area contributed by atoms with Crippen LogP contribution in [0.5, 0.6) is 0 Å². The van der Waals surface area contributed by atoms with E-state index in [4.69, 9.17) is 12.2 Å². The van der Waals surface area contributed by atoms with Crippen LogP contribution in [0.3, 0.4) is 0 Å². The van der Waals surface area contributed by atoms with Crippen molar-refractivity contribution in [2.24, 2.45) is 5.10 Å². The van der Waals surface area contributed by atoms with E-state index in [1.54, 1.807) is 30.7 Å². The summed E-state index contributed by atoms with van der Waals surface area (Å²) in [5.74, 6) is -0.292. The van der Waals surface area contributed by atoms with Gasteiger partial charge in [-0.25, -0.2) is 4.39 Å². The largest absolute Gasteiger partial charge is 0.331 e. The molecule has 1 aromatic heterocycles. The summed E-state index contributed by atoms with van der Waals surface area (Å²) in [6.45, 7) is 0. The van der Waals surface area contributed by atoms with Gasteiger partial charge in [0.25, 0.3) is 0 Å². The van der Waals surface area contributed by atoms with Crippen molar-refractivity contribution in [3.8, 4) is 0 Å². The summed E-state index contributed by atoms with van der Waals surface area (Å²) in [6.07, 6.45) is 4.98. The van der Waals surface area contributed by atoms with Crippen LogP contribution in [-0.4, -0.2) is 16.3 Å². The van der Waals surface area contributed by atoms with E-state index in [0.717, 1.165) is 5.56 Å². The summed E-state index contributed by atoms with van der Waals surface area (Å²) >= 11 is 5.04. The summed E-state index contributed by atoms with van der Waals surface area (Å²) in [7, 11) is 0. The van der Waals surface area contributed by atoms with Crippen LogP contribution in [0.15, 0.2) is 53.9 Å². The Morgan fingerprint density at radius 2 is 1.84 bits per heavy atom. The zero-order valence-corrected chi connectivity index (χ0v) is 10.7. The summed E-state index contributed by atoms with van der Waals surface area (Å²) in [5.41, 5.74) is 4.27. The third-order valence-electron chi connectivity index (χ3n) is 2.19. The average molecular weight is 274 g/mol. The average Bonchev–Trinajstić information content (AvgIpc) is 2.43. The number of aromatic nitrogens is 1. The molecular weight excluding hydrogens is 263 g/mol. The van der Waals surface area contributed by atoms with Gasteiger partial charge in [0.2, 0.25) is 0 Å². The van der Waals surface area contributed by atoms with Gasteiger partial charge in [0.1, 0.15) is 5.82 Å². The summed E-state index contributed by atoms with van der Waals surface area (Å²) in [4.78, 5) is 3.90. The van der Waals surface area contributed by atoms with Gasteiger partial charge in [-0.3, -0.25) is 10.4 Å². The van der Waals surface area contributed by atoms with Crippen molar-refractivity contribution in [3.63, 3.8) is 0 Å². The Bertz CT molecular complexity index is 569. The number of anilines is 1. The molecule has 2 rings (SSSR count). The Balaban J connectivity index is 1.85. The van der Waals surface area contributed by atoms with Crippen molar-refractivity contribution in [2.45, 2.75) is 0 Å². The lowest BCUT2D eigenvalue weighted by atomic mass is 10.3. The van der Waals surface area contributed by atoms with E-state index in [1.165, 1.54) is 12.1 Å². The van der Waals surface area contributed by atoms with Gasteiger partial charge in [-0.15, -0.1) is 0 Å². The molecule has 1 aromatic carbocycles. The molecule has 6 heteroatoms. The van der Waals surface area contributed by atoms with Crippen LogP contribution >= 0.6 is 12.2 Å². The van der Waals surface area contributed by atoms with Crippen LogP contribution in [0.25, 0.3) is 0 Å². The Morgan fingerprint density at radius 1 is 1.16 bits per heavy atom. The lowest BCUT2D eigenvalue weighted by Crippen LogP contribution is -2.23. The number of rotatable bonds is 3. The van der Waals surface area contributed by atoms with Gasteiger partial charge in [0.15, 0.2) is 5.11 Å². The van der Waals surface area contributed by atoms with Crippen molar-refractivity contribution in [3.05, 3.63) is 60.2 Å². The van der Waals surface area contributed by atoms with Crippen LogP contribution in [0.2, 0.25) is 0 Å². The minimum Gasteiger partial charge on any atom is -0.331 e. The molecular formula is C13H11FN4S. The SMILES string of the molecule is Fc1ccc(NC(=S)NN=Cc2ccncc2)cc1. The van der Waals surface area contributed by atoms with Crippen molar-refractivity contribution in [1.82, 2.24) is 10.4 Å². The third kappa shape index (κ3) is 4.44. The van der Waals surface area contributed by atoms with E-state index in [0.29, 0.717) is 10.8 Å². The molecule has 4 nitrogen and oxygen atoms in total. The number of benzene rings is 1.